The van der Waals surface area contributed by atoms with Crippen molar-refractivity contribution in [2.45, 2.75) is 38.1 Å². The molecule has 3 aliphatic heterocycles. The Morgan fingerprint density at radius 2 is 2.04 bits per heavy atom. The standard InChI is InChI=1S/C18H20ClN3O4S/c19-13-3-5-16-12(10-13)2-1-8-21(16)18(24)15-4-6-17(23)22(20-15)14-7-9-27(25,26)11-14/h3,5,10,14H,1-2,4,6-9,11H2. The molecule has 3 heterocycles. The Bertz CT molecular complexity index is 944. The first-order chi connectivity index (χ1) is 12.8. The highest BCUT2D eigenvalue weighted by Gasteiger charge is 2.38. The summed E-state index contributed by atoms with van der Waals surface area (Å²) in [5.74, 6) is -0.481. The summed E-state index contributed by atoms with van der Waals surface area (Å²) in [5, 5.41) is 6.16. The maximum atomic E-state index is 13.1. The molecule has 7 nitrogen and oxygen atoms in total. The van der Waals surface area contributed by atoms with Gasteiger partial charge in [0.1, 0.15) is 5.71 Å². The molecule has 1 fully saturated rings. The zero-order valence-corrected chi connectivity index (χ0v) is 16.3. The van der Waals surface area contributed by atoms with Crippen LogP contribution in [0.1, 0.15) is 31.2 Å². The van der Waals surface area contributed by atoms with E-state index >= 15 is 0 Å². The monoisotopic (exact) mass is 409 g/mol. The number of benzene rings is 1. The molecule has 9 heteroatoms. The van der Waals surface area contributed by atoms with Crippen LogP contribution in [0.2, 0.25) is 5.02 Å². The van der Waals surface area contributed by atoms with Gasteiger partial charge in [-0.05, 0) is 43.0 Å². The van der Waals surface area contributed by atoms with Crippen molar-refractivity contribution in [2.24, 2.45) is 5.10 Å². The molecule has 0 saturated carbocycles. The third-order valence-corrected chi connectivity index (χ3v) is 7.25. The summed E-state index contributed by atoms with van der Waals surface area (Å²) in [6.45, 7) is 0.582. The van der Waals surface area contributed by atoms with Crippen molar-refractivity contribution in [3.05, 3.63) is 28.8 Å². The molecule has 3 aliphatic rings. The Labute approximate surface area is 162 Å². The Morgan fingerprint density at radius 1 is 1.22 bits per heavy atom. The van der Waals surface area contributed by atoms with Crippen LogP contribution in [0.3, 0.4) is 0 Å². The van der Waals surface area contributed by atoms with Crippen molar-refractivity contribution < 1.29 is 18.0 Å². The number of halogens is 1. The lowest BCUT2D eigenvalue weighted by molar-refractivity contribution is -0.133. The highest BCUT2D eigenvalue weighted by Crippen LogP contribution is 2.31. The van der Waals surface area contributed by atoms with Crippen LogP contribution in [-0.4, -0.2) is 55.0 Å². The first-order valence-corrected chi connectivity index (χ1v) is 11.2. The van der Waals surface area contributed by atoms with Gasteiger partial charge in [-0.1, -0.05) is 11.6 Å². The number of aryl methyl sites for hydroxylation is 1. The predicted octanol–water partition coefficient (Wildman–Crippen LogP) is 1.78. The quantitative estimate of drug-likeness (QED) is 0.745. The van der Waals surface area contributed by atoms with E-state index in [0.29, 0.717) is 23.7 Å². The van der Waals surface area contributed by atoms with Gasteiger partial charge < -0.3 is 4.90 Å². The smallest absolute Gasteiger partial charge is 0.274 e. The second-order valence-electron chi connectivity index (χ2n) is 7.18. The average molecular weight is 410 g/mol. The van der Waals surface area contributed by atoms with Gasteiger partial charge in [-0.3, -0.25) is 9.59 Å². The Balaban J connectivity index is 1.61. The number of hydrazone groups is 1. The number of nitrogens with zero attached hydrogens (tertiary/aromatic N) is 3. The van der Waals surface area contributed by atoms with E-state index in [1.54, 1.807) is 11.0 Å². The number of anilines is 1. The number of amides is 2. The molecule has 144 valence electrons. The number of hydrogen-bond acceptors (Lipinski definition) is 5. The molecule has 27 heavy (non-hydrogen) atoms. The Hall–Kier alpha value is -1.93. The summed E-state index contributed by atoms with van der Waals surface area (Å²) in [5.41, 5.74) is 2.15. The zero-order chi connectivity index (χ0) is 19.2. The number of hydrogen-bond donors (Lipinski definition) is 0. The highest BCUT2D eigenvalue weighted by atomic mass is 35.5. The molecule has 0 aliphatic carbocycles. The molecular weight excluding hydrogens is 390 g/mol. The molecule has 1 atom stereocenters. The number of carbonyl (C=O) groups is 2. The van der Waals surface area contributed by atoms with Crippen LogP contribution in [0.5, 0.6) is 0 Å². The van der Waals surface area contributed by atoms with Gasteiger partial charge in [-0.25, -0.2) is 13.4 Å². The van der Waals surface area contributed by atoms with E-state index in [1.165, 1.54) is 5.01 Å². The SMILES string of the molecule is O=C(C1=NN(C2CCS(=O)(=O)C2)C(=O)CC1)N1CCCc2cc(Cl)ccc21. The second kappa shape index (κ2) is 6.91. The minimum atomic E-state index is -3.14. The van der Waals surface area contributed by atoms with Gasteiger partial charge in [-0.2, -0.15) is 5.10 Å². The lowest BCUT2D eigenvalue weighted by atomic mass is 10.0. The summed E-state index contributed by atoms with van der Waals surface area (Å²) in [4.78, 5) is 27.0. The molecule has 0 radical (unpaired) electrons. The van der Waals surface area contributed by atoms with Crippen molar-refractivity contribution in [1.29, 1.82) is 0 Å². The summed E-state index contributed by atoms with van der Waals surface area (Å²) >= 11 is 6.06. The second-order valence-corrected chi connectivity index (χ2v) is 9.84. The van der Waals surface area contributed by atoms with Gasteiger partial charge in [-0.15, -0.1) is 0 Å². The van der Waals surface area contributed by atoms with Crippen molar-refractivity contribution in [3.63, 3.8) is 0 Å². The molecule has 1 aromatic carbocycles. The molecule has 0 bridgehead atoms. The molecule has 1 unspecified atom stereocenters. The van der Waals surface area contributed by atoms with E-state index in [9.17, 15) is 18.0 Å². The molecule has 4 rings (SSSR count). The maximum Gasteiger partial charge on any atom is 0.274 e. The largest absolute Gasteiger partial charge is 0.307 e. The van der Waals surface area contributed by atoms with Gasteiger partial charge in [0.25, 0.3) is 5.91 Å². The first kappa shape index (κ1) is 18.4. The Kier molecular flexibility index (Phi) is 4.71. The van der Waals surface area contributed by atoms with E-state index in [0.717, 1.165) is 24.1 Å². The van der Waals surface area contributed by atoms with E-state index < -0.39 is 15.9 Å². The fourth-order valence-corrected chi connectivity index (χ4v) is 5.80. The number of fused-ring (bicyclic) bond motifs is 1. The number of carbonyl (C=O) groups excluding carboxylic acids is 2. The van der Waals surface area contributed by atoms with Crippen LogP contribution in [0.15, 0.2) is 23.3 Å². The fraction of sp³-hybridized carbons (Fsp3) is 0.500. The molecule has 0 spiro atoms. The molecule has 1 aromatic rings. The summed E-state index contributed by atoms with van der Waals surface area (Å²) in [6, 6.07) is 4.99. The summed E-state index contributed by atoms with van der Waals surface area (Å²) < 4.78 is 23.5. The van der Waals surface area contributed by atoms with E-state index in [2.05, 4.69) is 5.10 Å². The van der Waals surface area contributed by atoms with Crippen molar-refractivity contribution in [1.82, 2.24) is 5.01 Å². The fourth-order valence-electron chi connectivity index (χ4n) is 3.91. The molecule has 0 aromatic heterocycles. The summed E-state index contributed by atoms with van der Waals surface area (Å²) in [7, 11) is -3.14. The first-order valence-electron chi connectivity index (χ1n) is 9.04. The number of sulfone groups is 1. The third-order valence-electron chi connectivity index (χ3n) is 5.27. The third kappa shape index (κ3) is 3.60. The van der Waals surface area contributed by atoms with Crippen molar-refractivity contribution >= 4 is 44.7 Å². The molecule has 0 N–H and O–H groups in total. The van der Waals surface area contributed by atoms with E-state index in [4.69, 9.17) is 11.6 Å². The lowest BCUT2D eigenvalue weighted by Gasteiger charge is -2.32. The van der Waals surface area contributed by atoms with E-state index in [1.807, 2.05) is 12.1 Å². The van der Waals surface area contributed by atoms with Crippen LogP contribution < -0.4 is 4.90 Å². The average Bonchev–Trinajstić information content (AvgIpc) is 3.00. The zero-order valence-electron chi connectivity index (χ0n) is 14.7. The van der Waals surface area contributed by atoms with Gasteiger partial charge >= 0.3 is 0 Å². The van der Waals surface area contributed by atoms with Crippen LogP contribution in [0.4, 0.5) is 5.69 Å². The number of rotatable bonds is 2. The van der Waals surface area contributed by atoms with Crippen molar-refractivity contribution in [3.8, 4) is 0 Å². The minimum Gasteiger partial charge on any atom is -0.307 e. The molecule has 2 amide bonds. The van der Waals surface area contributed by atoms with Gasteiger partial charge in [0.2, 0.25) is 5.91 Å². The van der Waals surface area contributed by atoms with Crippen molar-refractivity contribution in [2.75, 3.05) is 23.0 Å². The predicted molar refractivity (Wildman–Crippen MR) is 103 cm³/mol. The highest BCUT2D eigenvalue weighted by molar-refractivity contribution is 7.91. The maximum absolute atomic E-state index is 13.1. The normalized spacial score (nSPS) is 24.6. The van der Waals surface area contributed by atoms with Crippen LogP contribution in [0.25, 0.3) is 0 Å². The van der Waals surface area contributed by atoms with Gasteiger partial charge in [0.15, 0.2) is 9.84 Å². The summed E-state index contributed by atoms with van der Waals surface area (Å²) in [6.07, 6.45) is 2.49. The lowest BCUT2D eigenvalue weighted by Crippen LogP contribution is -2.46. The Morgan fingerprint density at radius 3 is 2.78 bits per heavy atom. The van der Waals surface area contributed by atoms with Gasteiger partial charge in [0.05, 0.1) is 17.5 Å². The molecule has 1 saturated heterocycles. The van der Waals surface area contributed by atoms with Gasteiger partial charge in [0, 0.05) is 30.1 Å². The van der Waals surface area contributed by atoms with Crippen LogP contribution in [-0.2, 0) is 25.8 Å². The van der Waals surface area contributed by atoms with E-state index in [-0.39, 0.29) is 36.2 Å². The minimum absolute atomic E-state index is 0.0561. The topological polar surface area (TPSA) is 87.1 Å². The van der Waals surface area contributed by atoms with Crippen LogP contribution >= 0.6 is 11.6 Å². The van der Waals surface area contributed by atoms with Crippen LogP contribution in [0, 0.1) is 0 Å². The molecular formula is C18H20ClN3O4S.